The topological polar surface area (TPSA) is 62.2 Å². The number of rotatable bonds is 6. The molecule has 1 amide bonds. The van der Waals surface area contributed by atoms with Gasteiger partial charge < -0.3 is 10.4 Å². The largest absolute Gasteiger partial charge is 0.394 e. The molecule has 0 saturated heterocycles. The predicted molar refractivity (Wildman–Crippen MR) is 70.3 cm³/mol. The van der Waals surface area contributed by atoms with Crippen molar-refractivity contribution in [3.05, 3.63) is 29.6 Å². The van der Waals surface area contributed by atoms with Crippen molar-refractivity contribution in [1.29, 1.82) is 0 Å². The van der Waals surface area contributed by atoms with Gasteiger partial charge in [0.05, 0.1) is 18.2 Å². The van der Waals surface area contributed by atoms with Crippen LogP contribution in [0.5, 0.6) is 0 Å². The smallest absolute Gasteiger partial charge is 0.253 e. The van der Waals surface area contributed by atoms with Crippen molar-refractivity contribution >= 4 is 17.7 Å². The Morgan fingerprint density at radius 2 is 2.35 bits per heavy atom. The number of aliphatic hydroxyl groups is 1. The van der Waals surface area contributed by atoms with Crippen molar-refractivity contribution in [1.82, 2.24) is 10.3 Å². The number of aryl methyl sites for hydroxylation is 1. The maximum Gasteiger partial charge on any atom is 0.253 e. The van der Waals surface area contributed by atoms with Gasteiger partial charge >= 0.3 is 0 Å². The molecule has 2 N–H and O–H groups in total. The molecule has 0 radical (unpaired) electrons. The van der Waals surface area contributed by atoms with Gasteiger partial charge in [0.15, 0.2) is 0 Å². The lowest BCUT2D eigenvalue weighted by Gasteiger charge is -2.15. The first-order chi connectivity index (χ1) is 8.17. The van der Waals surface area contributed by atoms with E-state index in [4.69, 9.17) is 5.11 Å². The minimum absolute atomic E-state index is 0.0362. The van der Waals surface area contributed by atoms with E-state index in [0.717, 1.165) is 17.7 Å². The molecular weight excluding hydrogens is 236 g/mol. The van der Waals surface area contributed by atoms with Crippen molar-refractivity contribution < 1.29 is 9.90 Å². The number of hydrogen-bond acceptors (Lipinski definition) is 4. The third kappa shape index (κ3) is 4.75. The number of aromatic nitrogens is 1. The van der Waals surface area contributed by atoms with Gasteiger partial charge in [0, 0.05) is 12.4 Å². The fourth-order valence-corrected chi connectivity index (χ4v) is 1.94. The van der Waals surface area contributed by atoms with E-state index in [-0.39, 0.29) is 18.6 Å². The third-order valence-electron chi connectivity index (χ3n) is 2.36. The molecule has 0 spiro atoms. The number of pyridine rings is 1. The monoisotopic (exact) mass is 254 g/mol. The Morgan fingerprint density at radius 1 is 1.59 bits per heavy atom. The Bertz CT molecular complexity index is 371. The zero-order valence-corrected chi connectivity index (χ0v) is 11.0. The van der Waals surface area contributed by atoms with Gasteiger partial charge in [0.25, 0.3) is 5.91 Å². The minimum Gasteiger partial charge on any atom is -0.394 e. The molecule has 1 unspecified atom stereocenters. The molecule has 0 bridgehead atoms. The zero-order valence-electron chi connectivity index (χ0n) is 10.1. The number of hydrogen-bond donors (Lipinski definition) is 2. The van der Waals surface area contributed by atoms with Crippen LogP contribution in [0.3, 0.4) is 0 Å². The second-order valence-corrected chi connectivity index (χ2v) is 4.87. The van der Waals surface area contributed by atoms with E-state index in [1.807, 2.05) is 13.2 Å². The molecule has 0 fully saturated rings. The van der Waals surface area contributed by atoms with Crippen LogP contribution >= 0.6 is 11.8 Å². The van der Waals surface area contributed by atoms with Gasteiger partial charge in [-0.1, -0.05) is 0 Å². The number of carbonyl (C=O) groups is 1. The summed E-state index contributed by atoms with van der Waals surface area (Å²) in [6, 6.07) is 1.60. The number of nitrogens with one attached hydrogen (secondary N) is 1. The van der Waals surface area contributed by atoms with Crippen LogP contribution in [0.2, 0.25) is 0 Å². The van der Waals surface area contributed by atoms with Crippen LogP contribution in [0, 0.1) is 6.92 Å². The quantitative estimate of drug-likeness (QED) is 0.801. The number of carbonyl (C=O) groups excluding carboxylic acids is 1. The first-order valence-electron chi connectivity index (χ1n) is 5.49. The molecule has 4 nitrogen and oxygen atoms in total. The Kier molecular flexibility index (Phi) is 6.00. The second-order valence-electron chi connectivity index (χ2n) is 3.89. The zero-order chi connectivity index (χ0) is 12.7. The van der Waals surface area contributed by atoms with Crippen molar-refractivity contribution in [2.24, 2.45) is 0 Å². The minimum atomic E-state index is -0.185. The molecule has 5 heteroatoms. The van der Waals surface area contributed by atoms with Crippen LogP contribution < -0.4 is 5.32 Å². The van der Waals surface area contributed by atoms with Gasteiger partial charge in [-0.3, -0.25) is 9.78 Å². The summed E-state index contributed by atoms with van der Waals surface area (Å²) in [5.74, 6) is 0.735. The lowest BCUT2D eigenvalue weighted by atomic mass is 10.2. The highest BCUT2D eigenvalue weighted by atomic mass is 32.2. The second kappa shape index (κ2) is 7.29. The van der Waals surface area contributed by atoms with Crippen molar-refractivity contribution in [3.63, 3.8) is 0 Å². The summed E-state index contributed by atoms with van der Waals surface area (Å²) in [7, 11) is 0. The van der Waals surface area contributed by atoms with E-state index >= 15 is 0 Å². The summed E-state index contributed by atoms with van der Waals surface area (Å²) < 4.78 is 0. The van der Waals surface area contributed by atoms with E-state index in [9.17, 15) is 4.79 Å². The van der Waals surface area contributed by atoms with Crippen molar-refractivity contribution in [3.8, 4) is 0 Å². The highest BCUT2D eigenvalue weighted by Crippen LogP contribution is 2.04. The molecule has 17 heavy (non-hydrogen) atoms. The number of amides is 1. The SMILES string of the molecule is CSCCC(CO)NC(=O)c1cncc(C)c1. The standard InChI is InChI=1S/C12H18N2O2S/c1-9-5-10(7-13-6-9)12(16)14-11(8-15)3-4-17-2/h5-7,11,15H,3-4,8H2,1-2H3,(H,14,16). The molecule has 1 aromatic heterocycles. The molecule has 94 valence electrons. The molecule has 1 rings (SSSR count). The van der Waals surface area contributed by atoms with Crippen LogP contribution in [0.15, 0.2) is 18.5 Å². The highest BCUT2D eigenvalue weighted by molar-refractivity contribution is 7.98. The summed E-state index contributed by atoms with van der Waals surface area (Å²) >= 11 is 1.70. The molecule has 1 aromatic rings. The first-order valence-corrected chi connectivity index (χ1v) is 6.89. The third-order valence-corrected chi connectivity index (χ3v) is 3.01. The maximum absolute atomic E-state index is 11.9. The van der Waals surface area contributed by atoms with Crippen LogP contribution in [0.4, 0.5) is 0 Å². The van der Waals surface area contributed by atoms with E-state index in [1.165, 1.54) is 6.20 Å². The summed E-state index contributed by atoms with van der Waals surface area (Å²) in [5.41, 5.74) is 1.48. The average Bonchev–Trinajstić information content (AvgIpc) is 2.34. The van der Waals surface area contributed by atoms with Gasteiger partial charge in [-0.25, -0.2) is 0 Å². The predicted octanol–water partition coefficient (Wildman–Crippen LogP) is 1.23. The fraction of sp³-hybridized carbons (Fsp3) is 0.500. The summed E-state index contributed by atoms with van der Waals surface area (Å²) in [6.07, 6.45) is 6.00. The Balaban J connectivity index is 2.58. The molecule has 0 saturated carbocycles. The molecule has 0 aromatic carbocycles. The van der Waals surface area contributed by atoms with Gasteiger partial charge in [-0.05, 0) is 37.0 Å². The Morgan fingerprint density at radius 3 is 2.94 bits per heavy atom. The average molecular weight is 254 g/mol. The molecule has 0 aliphatic heterocycles. The lowest BCUT2D eigenvalue weighted by Crippen LogP contribution is -2.38. The van der Waals surface area contributed by atoms with E-state index in [2.05, 4.69) is 10.3 Å². The van der Waals surface area contributed by atoms with Crippen molar-refractivity contribution in [2.75, 3.05) is 18.6 Å². The number of nitrogens with zero attached hydrogens (tertiary/aromatic N) is 1. The van der Waals surface area contributed by atoms with Crippen LogP contribution in [0.1, 0.15) is 22.3 Å². The van der Waals surface area contributed by atoms with Gasteiger partial charge in [-0.15, -0.1) is 0 Å². The molecule has 0 aliphatic carbocycles. The highest BCUT2D eigenvalue weighted by Gasteiger charge is 2.12. The van der Waals surface area contributed by atoms with E-state index in [0.29, 0.717) is 5.56 Å². The van der Waals surface area contributed by atoms with Gasteiger partial charge in [0.2, 0.25) is 0 Å². The molecular formula is C12H18N2O2S. The number of aliphatic hydroxyl groups excluding tert-OH is 1. The molecule has 0 aliphatic rings. The van der Waals surface area contributed by atoms with Crippen LogP contribution in [-0.4, -0.2) is 40.7 Å². The normalized spacial score (nSPS) is 12.2. The van der Waals surface area contributed by atoms with Gasteiger partial charge in [-0.2, -0.15) is 11.8 Å². The lowest BCUT2D eigenvalue weighted by molar-refractivity contribution is 0.0915. The fourth-order valence-electron chi connectivity index (χ4n) is 1.42. The van der Waals surface area contributed by atoms with Crippen LogP contribution in [0.25, 0.3) is 0 Å². The summed E-state index contributed by atoms with van der Waals surface area (Å²) in [5, 5.41) is 12.0. The van der Waals surface area contributed by atoms with Crippen LogP contribution in [-0.2, 0) is 0 Å². The summed E-state index contributed by atoms with van der Waals surface area (Å²) in [6.45, 7) is 1.85. The Hall–Kier alpha value is -1.07. The van der Waals surface area contributed by atoms with Crippen molar-refractivity contribution in [2.45, 2.75) is 19.4 Å². The molecule has 1 heterocycles. The van der Waals surface area contributed by atoms with Gasteiger partial charge in [0.1, 0.15) is 0 Å². The van der Waals surface area contributed by atoms with E-state index < -0.39 is 0 Å². The van der Waals surface area contributed by atoms with E-state index in [1.54, 1.807) is 24.0 Å². The summed E-state index contributed by atoms with van der Waals surface area (Å²) in [4.78, 5) is 15.8. The Labute approximate surface area is 106 Å². The first kappa shape index (κ1) is 14.0. The number of thioether (sulfide) groups is 1. The molecule has 1 atom stereocenters. The maximum atomic E-state index is 11.9.